The summed E-state index contributed by atoms with van der Waals surface area (Å²) >= 11 is 3.09. The Balaban J connectivity index is 1.70. The average molecular weight is 411 g/mol. The number of amides is 1. The molecule has 142 valence electrons. The molecule has 28 heavy (non-hydrogen) atoms. The van der Waals surface area contributed by atoms with Crippen LogP contribution in [0.1, 0.15) is 5.56 Å². The Labute approximate surface area is 171 Å². The van der Waals surface area contributed by atoms with Crippen LogP contribution in [-0.2, 0) is 17.8 Å². The van der Waals surface area contributed by atoms with E-state index in [9.17, 15) is 4.79 Å². The number of terminal acetylenes is 1. The van der Waals surface area contributed by atoms with Gasteiger partial charge in [0.05, 0.1) is 23.2 Å². The number of carbonyl (C=O) groups is 1. The number of hydrogen-bond donors (Lipinski definition) is 0. The lowest BCUT2D eigenvalue weighted by atomic mass is 10.1. The van der Waals surface area contributed by atoms with Crippen molar-refractivity contribution in [3.63, 3.8) is 0 Å². The smallest absolute Gasteiger partial charge is 0.252 e. The lowest BCUT2D eigenvalue weighted by molar-refractivity contribution is -0.117. The van der Waals surface area contributed by atoms with E-state index in [1.807, 2.05) is 47.2 Å². The molecular formula is C21H18N2O3S2. The van der Waals surface area contributed by atoms with Gasteiger partial charge in [0.2, 0.25) is 0 Å². The maximum atomic E-state index is 12.5. The molecule has 0 unspecified atom stereocenters. The van der Waals surface area contributed by atoms with Crippen LogP contribution in [0.25, 0.3) is 10.2 Å². The first-order chi connectivity index (χ1) is 13.7. The molecule has 1 aliphatic heterocycles. The minimum Gasteiger partial charge on any atom is -0.486 e. The molecule has 1 aliphatic rings. The first kappa shape index (κ1) is 18.7. The Morgan fingerprint density at radius 1 is 1.25 bits per heavy atom. The number of hydrogen-bond acceptors (Lipinski definition) is 5. The molecule has 0 atom stereocenters. The quantitative estimate of drug-likeness (QED) is 0.488. The van der Waals surface area contributed by atoms with Crippen LogP contribution in [-0.4, -0.2) is 29.9 Å². The van der Waals surface area contributed by atoms with Crippen LogP contribution in [0, 0.1) is 12.3 Å². The molecule has 1 aromatic heterocycles. The van der Waals surface area contributed by atoms with Gasteiger partial charge in [-0.3, -0.25) is 4.79 Å². The molecule has 0 radical (unpaired) electrons. The summed E-state index contributed by atoms with van der Waals surface area (Å²) in [6.07, 6.45) is 7.82. The highest BCUT2D eigenvalue weighted by Crippen LogP contribution is 2.35. The molecule has 4 rings (SSSR count). The van der Waals surface area contributed by atoms with Crippen molar-refractivity contribution in [1.29, 1.82) is 0 Å². The van der Waals surface area contributed by atoms with Crippen molar-refractivity contribution < 1.29 is 14.3 Å². The minimum atomic E-state index is -0.202. The van der Waals surface area contributed by atoms with E-state index in [0.717, 1.165) is 20.7 Å². The van der Waals surface area contributed by atoms with Gasteiger partial charge in [0.25, 0.3) is 5.91 Å². The van der Waals surface area contributed by atoms with Crippen molar-refractivity contribution in [2.75, 3.05) is 19.5 Å². The lowest BCUT2D eigenvalue weighted by Gasteiger charge is -2.18. The van der Waals surface area contributed by atoms with Crippen LogP contribution in [0.3, 0.4) is 0 Å². The summed E-state index contributed by atoms with van der Waals surface area (Å²) < 4.78 is 14.1. The predicted octanol–water partition coefficient (Wildman–Crippen LogP) is 3.50. The number of benzene rings is 2. The number of thioether (sulfide) groups is 1. The van der Waals surface area contributed by atoms with Gasteiger partial charge in [-0.1, -0.05) is 29.4 Å². The fourth-order valence-electron chi connectivity index (χ4n) is 3.00. The highest BCUT2D eigenvalue weighted by molar-refractivity contribution is 7.98. The molecular weight excluding hydrogens is 392 g/mol. The Hall–Kier alpha value is -2.69. The molecule has 0 saturated carbocycles. The van der Waals surface area contributed by atoms with Crippen LogP contribution in [0.15, 0.2) is 46.3 Å². The Kier molecular flexibility index (Phi) is 5.42. The predicted molar refractivity (Wildman–Crippen MR) is 112 cm³/mol. The van der Waals surface area contributed by atoms with E-state index < -0.39 is 0 Å². The van der Waals surface area contributed by atoms with Crippen molar-refractivity contribution >= 4 is 39.2 Å². The van der Waals surface area contributed by atoms with Crippen LogP contribution < -0.4 is 14.3 Å². The molecule has 0 fully saturated rings. The normalized spacial score (nSPS) is 13.5. The third-order valence-electron chi connectivity index (χ3n) is 4.33. The summed E-state index contributed by atoms with van der Waals surface area (Å²) in [5.74, 6) is 3.84. The van der Waals surface area contributed by atoms with Gasteiger partial charge in [0.15, 0.2) is 16.3 Å². The van der Waals surface area contributed by atoms with E-state index in [0.29, 0.717) is 36.1 Å². The summed E-state index contributed by atoms with van der Waals surface area (Å²) in [5.41, 5.74) is 1.83. The number of thiazole rings is 1. The van der Waals surface area contributed by atoms with Crippen LogP contribution in [0.2, 0.25) is 0 Å². The average Bonchev–Trinajstić information content (AvgIpc) is 3.03. The first-order valence-electron chi connectivity index (χ1n) is 8.75. The molecule has 2 heterocycles. The van der Waals surface area contributed by atoms with E-state index in [2.05, 4.69) is 10.9 Å². The summed E-state index contributed by atoms with van der Waals surface area (Å²) in [6, 6.07) is 11.8. The van der Waals surface area contributed by atoms with Crippen molar-refractivity contribution in [3.05, 3.63) is 46.8 Å². The summed E-state index contributed by atoms with van der Waals surface area (Å²) in [5, 5.41) is 0. The number of aromatic nitrogens is 1. The number of ether oxygens (including phenoxy) is 2. The minimum absolute atomic E-state index is 0.202. The third-order valence-corrected chi connectivity index (χ3v) is 6.12. The molecule has 0 bridgehead atoms. The molecule has 2 aromatic carbocycles. The molecule has 3 aromatic rings. The van der Waals surface area contributed by atoms with E-state index in [1.54, 1.807) is 11.8 Å². The second kappa shape index (κ2) is 8.13. The number of nitrogens with zero attached hydrogens (tertiary/aromatic N) is 2. The zero-order chi connectivity index (χ0) is 19.5. The SMILES string of the molecule is C#CCn1c(=NC(=O)Cc2ccc(SC)cc2)sc2cc3c(cc21)OCCO3. The highest BCUT2D eigenvalue weighted by Gasteiger charge is 2.16. The molecule has 0 aliphatic carbocycles. The molecule has 0 spiro atoms. The Bertz CT molecular complexity index is 1140. The second-order valence-electron chi connectivity index (χ2n) is 6.17. The van der Waals surface area contributed by atoms with Gasteiger partial charge in [0, 0.05) is 17.0 Å². The summed E-state index contributed by atoms with van der Waals surface area (Å²) in [7, 11) is 0. The standard InChI is InChI=1S/C21H18N2O3S2/c1-3-8-23-16-12-17-18(26-10-9-25-17)13-19(16)28-21(23)22-20(24)11-14-4-6-15(27-2)7-5-14/h1,4-7,12-13H,8-11H2,2H3. The van der Waals surface area contributed by atoms with Gasteiger partial charge >= 0.3 is 0 Å². The Morgan fingerprint density at radius 2 is 1.96 bits per heavy atom. The maximum Gasteiger partial charge on any atom is 0.252 e. The second-order valence-corrected chi connectivity index (χ2v) is 8.06. The van der Waals surface area contributed by atoms with Crippen LogP contribution >= 0.6 is 23.1 Å². The van der Waals surface area contributed by atoms with Gasteiger partial charge in [-0.25, -0.2) is 0 Å². The van der Waals surface area contributed by atoms with E-state index in [4.69, 9.17) is 15.9 Å². The lowest BCUT2D eigenvalue weighted by Crippen LogP contribution is -2.17. The monoisotopic (exact) mass is 410 g/mol. The first-order valence-corrected chi connectivity index (χ1v) is 10.8. The van der Waals surface area contributed by atoms with Gasteiger partial charge in [-0.2, -0.15) is 4.99 Å². The maximum absolute atomic E-state index is 12.5. The zero-order valence-electron chi connectivity index (χ0n) is 15.3. The largest absolute Gasteiger partial charge is 0.486 e. The fraction of sp³-hybridized carbons (Fsp3) is 0.238. The number of fused-ring (bicyclic) bond motifs is 2. The van der Waals surface area contributed by atoms with E-state index >= 15 is 0 Å². The van der Waals surface area contributed by atoms with Crippen molar-refractivity contribution in [2.45, 2.75) is 17.9 Å². The van der Waals surface area contributed by atoms with Crippen LogP contribution in [0.4, 0.5) is 0 Å². The summed E-state index contributed by atoms with van der Waals surface area (Å²) in [4.78, 5) is 18.6. The third kappa shape index (κ3) is 3.79. The molecule has 1 amide bonds. The van der Waals surface area contributed by atoms with E-state index in [-0.39, 0.29) is 12.3 Å². The van der Waals surface area contributed by atoms with Crippen molar-refractivity contribution in [3.8, 4) is 23.8 Å². The van der Waals surface area contributed by atoms with Crippen molar-refractivity contribution in [2.24, 2.45) is 4.99 Å². The topological polar surface area (TPSA) is 52.8 Å². The molecule has 5 nitrogen and oxygen atoms in total. The highest BCUT2D eigenvalue weighted by atomic mass is 32.2. The van der Waals surface area contributed by atoms with Crippen LogP contribution in [0.5, 0.6) is 11.5 Å². The number of rotatable bonds is 4. The van der Waals surface area contributed by atoms with Gasteiger partial charge < -0.3 is 14.0 Å². The van der Waals surface area contributed by atoms with Gasteiger partial charge in [0.1, 0.15) is 13.2 Å². The summed E-state index contributed by atoms with van der Waals surface area (Å²) in [6.45, 7) is 1.37. The molecule has 7 heteroatoms. The Morgan fingerprint density at radius 3 is 2.64 bits per heavy atom. The van der Waals surface area contributed by atoms with Crippen molar-refractivity contribution in [1.82, 2.24) is 4.57 Å². The van der Waals surface area contributed by atoms with E-state index in [1.165, 1.54) is 11.3 Å². The number of carbonyl (C=O) groups excluding carboxylic acids is 1. The van der Waals surface area contributed by atoms with Gasteiger partial charge in [-0.15, -0.1) is 18.2 Å². The fourth-order valence-corrected chi connectivity index (χ4v) is 4.47. The molecule has 0 N–H and O–H groups in total. The molecule has 0 saturated heterocycles. The zero-order valence-corrected chi connectivity index (χ0v) is 16.9. The van der Waals surface area contributed by atoms with Gasteiger partial charge in [-0.05, 0) is 24.0 Å².